The van der Waals surface area contributed by atoms with Gasteiger partial charge in [-0.1, -0.05) is 42.5 Å². The molecule has 0 radical (unpaired) electrons. The molecule has 6 heteroatoms. The Balaban J connectivity index is 1.55. The van der Waals surface area contributed by atoms with Crippen LogP contribution < -0.4 is 5.32 Å². The van der Waals surface area contributed by atoms with Gasteiger partial charge in [-0.05, 0) is 46.1 Å². The number of rotatable bonds is 6. The molecular formula is C22H19BrN4O. The number of benzene rings is 2. The first-order chi connectivity index (χ1) is 13.7. The molecular weight excluding hydrogens is 416 g/mol. The van der Waals surface area contributed by atoms with Gasteiger partial charge in [0, 0.05) is 23.4 Å². The number of carbonyl (C=O) groups excluding carboxylic acids is 1. The first-order valence-corrected chi connectivity index (χ1v) is 9.87. The minimum absolute atomic E-state index is 0.171. The number of hydrogen-bond acceptors (Lipinski definition) is 3. The van der Waals surface area contributed by atoms with Gasteiger partial charge in [-0.2, -0.15) is 0 Å². The quantitative estimate of drug-likeness (QED) is 0.490. The van der Waals surface area contributed by atoms with E-state index in [1.54, 1.807) is 18.5 Å². The molecule has 4 rings (SSSR count). The number of amides is 1. The topological polar surface area (TPSA) is 59.8 Å². The lowest BCUT2D eigenvalue weighted by Crippen LogP contribution is -2.25. The van der Waals surface area contributed by atoms with Crippen LogP contribution in [0.4, 0.5) is 0 Å². The molecule has 0 aliphatic heterocycles. The Bertz CT molecular complexity index is 1110. The number of para-hydroxylation sites is 2. The number of aromatic nitrogens is 3. The normalized spacial score (nSPS) is 10.9. The van der Waals surface area contributed by atoms with Crippen molar-refractivity contribution in [3.8, 4) is 0 Å². The van der Waals surface area contributed by atoms with Crippen LogP contribution in [-0.2, 0) is 19.5 Å². The number of pyridine rings is 1. The maximum absolute atomic E-state index is 12.5. The average Bonchev–Trinajstić information content (AvgIpc) is 3.08. The van der Waals surface area contributed by atoms with Crippen LogP contribution in [0.2, 0.25) is 0 Å². The van der Waals surface area contributed by atoms with E-state index in [1.807, 2.05) is 24.3 Å². The first kappa shape index (κ1) is 18.4. The van der Waals surface area contributed by atoms with E-state index in [1.165, 1.54) is 5.56 Å². The van der Waals surface area contributed by atoms with Gasteiger partial charge in [-0.15, -0.1) is 0 Å². The summed E-state index contributed by atoms with van der Waals surface area (Å²) < 4.78 is 2.96. The van der Waals surface area contributed by atoms with Crippen molar-refractivity contribution in [2.24, 2.45) is 0 Å². The van der Waals surface area contributed by atoms with Crippen LogP contribution in [0.25, 0.3) is 11.0 Å². The second-order valence-corrected chi connectivity index (χ2v) is 7.39. The lowest BCUT2D eigenvalue weighted by atomic mass is 10.1. The lowest BCUT2D eigenvalue weighted by Gasteiger charge is -2.10. The molecule has 0 spiro atoms. The van der Waals surface area contributed by atoms with E-state index in [4.69, 9.17) is 4.98 Å². The monoisotopic (exact) mass is 434 g/mol. The molecule has 2 heterocycles. The molecule has 0 saturated carbocycles. The fraction of sp³-hybridized carbons (Fsp3) is 0.136. The maximum atomic E-state index is 12.5. The zero-order chi connectivity index (χ0) is 19.3. The third-order valence-electron chi connectivity index (χ3n) is 4.57. The maximum Gasteiger partial charge on any atom is 0.253 e. The van der Waals surface area contributed by atoms with Crippen LogP contribution in [0.5, 0.6) is 0 Å². The van der Waals surface area contributed by atoms with Crippen molar-refractivity contribution in [2.75, 3.05) is 0 Å². The molecule has 0 bridgehead atoms. The predicted octanol–water partition coefficient (Wildman–Crippen LogP) is 4.37. The highest BCUT2D eigenvalue weighted by Crippen LogP contribution is 2.17. The number of nitrogens with zero attached hydrogens (tertiary/aromatic N) is 3. The minimum atomic E-state index is -0.171. The highest BCUT2D eigenvalue weighted by Gasteiger charge is 2.13. The predicted molar refractivity (Wildman–Crippen MR) is 113 cm³/mol. The fourth-order valence-corrected chi connectivity index (χ4v) is 3.56. The third kappa shape index (κ3) is 4.12. The summed E-state index contributed by atoms with van der Waals surface area (Å²) >= 11 is 3.35. The number of imidazole rings is 1. The summed E-state index contributed by atoms with van der Waals surface area (Å²) in [7, 11) is 0. The van der Waals surface area contributed by atoms with Gasteiger partial charge in [0.15, 0.2) is 0 Å². The zero-order valence-corrected chi connectivity index (χ0v) is 16.8. The van der Waals surface area contributed by atoms with Crippen molar-refractivity contribution in [2.45, 2.75) is 19.5 Å². The van der Waals surface area contributed by atoms with E-state index < -0.39 is 0 Å². The van der Waals surface area contributed by atoms with Crippen molar-refractivity contribution < 1.29 is 4.79 Å². The summed E-state index contributed by atoms with van der Waals surface area (Å²) in [5.74, 6) is 0.670. The molecule has 0 aliphatic carbocycles. The Kier molecular flexibility index (Phi) is 5.48. The van der Waals surface area contributed by atoms with Gasteiger partial charge >= 0.3 is 0 Å². The van der Waals surface area contributed by atoms with Crippen molar-refractivity contribution in [3.05, 3.63) is 94.5 Å². The summed E-state index contributed by atoms with van der Waals surface area (Å²) in [6.07, 6.45) is 4.11. The molecule has 1 N–H and O–H groups in total. The molecule has 2 aromatic heterocycles. The van der Waals surface area contributed by atoms with Crippen molar-refractivity contribution in [1.82, 2.24) is 19.9 Å². The Morgan fingerprint density at radius 3 is 2.64 bits per heavy atom. The van der Waals surface area contributed by atoms with E-state index in [0.717, 1.165) is 34.3 Å². The summed E-state index contributed by atoms with van der Waals surface area (Å²) in [5, 5.41) is 2.96. The lowest BCUT2D eigenvalue weighted by molar-refractivity contribution is 0.0949. The summed E-state index contributed by atoms with van der Waals surface area (Å²) in [6, 6.07) is 20.2. The van der Waals surface area contributed by atoms with E-state index in [2.05, 4.69) is 61.1 Å². The summed E-state index contributed by atoms with van der Waals surface area (Å²) in [4.78, 5) is 21.2. The molecule has 1 amide bonds. The van der Waals surface area contributed by atoms with Gasteiger partial charge in [0.2, 0.25) is 0 Å². The largest absolute Gasteiger partial charge is 0.345 e. The summed E-state index contributed by atoms with van der Waals surface area (Å²) in [6.45, 7) is 1.16. The average molecular weight is 435 g/mol. The van der Waals surface area contributed by atoms with Crippen LogP contribution in [0.1, 0.15) is 21.7 Å². The van der Waals surface area contributed by atoms with Crippen molar-refractivity contribution in [1.29, 1.82) is 0 Å². The minimum Gasteiger partial charge on any atom is -0.345 e. The Morgan fingerprint density at radius 2 is 1.82 bits per heavy atom. The van der Waals surface area contributed by atoms with E-state index in [0.29, 0.717) is 12.1 Å². The summed E-state index contributed by atoms with van der Waals surface area (Å²) in [5.41, 5.74) is 3.80. The van der Waals surface area contributed by atoms with Crippen LogP contribution in [0.3, 0.4) is 0 Å². The molecule has 4 aromatic rings. The van der Waals surface area contributed by atoms with Crippen LogP contribution >= 0.6 is 15.9 Å². The molecule has 0 saturated heterocycles. The van der Waals surface area contributed by atoms with Gasteiger partial charge < -0.3 is 9.88 Å². The standard InChI is InChI=1S/C22H19BrN4O/c23-18-12-17(13-24-14-18)22(28)25-15-21-26-19-8-4-5-9-20(19)27(21)11-10-16-6-2-1-3-7-16/h1-9,12-14H,10-11,15H2,(H,25,28). The second-order valence-electron chi connectivity index (χ2n) is 6.48. The van der Waals surface area contributed by atoms with E-state index in [-0.39, 0.29) is 5.91 Å². The highest BCUT2D eigenvalue weighted by molar-refractivity contribution is 9.10. The number of nitrogens with one attached hydrogen (secondary N) is 1. The molecule has 140 valence electrons. The van der Waals surface area contributed by atoms with E-state index >= 15 is 0 Å². The molecule has 0 unspecified atom stereocenters. The number of halogens is 1. The smallest absolute Gasteiger partial charge is 0.253 e. The SMILES string of the molecule is O=C(NCc1nc2ccccc2n1CCc1ccccc1)c1cncc(Br)c1. The van der Waals surface area contributed by atoms with Gasteiger partial charge in [0.1, 0.15) is 5.82 Å². The number of carbonyl (C=O) groups is 1. The molecule has 0 atom stereocenters. The fourth-order valence-electron chi connectivity index (χ4n) is 3.19. The second kappa shape index (κ2) is 8.35. The molecule has 0 fully saturated rings. The van der Waals surface area contributed by atoms with Gasteiger partial charge in [-0.25, -0.2) is 4.98 Å². The number of aryl methyl sites for hydroxylation is 2. The van der Waals surface area contributed by atoms with Gasteiger partial charge in [0.25, 0.3) is 5.91 Å². The first-order valence-electron chi connectivity index (χ1n) is 9.07. The molecule has 0 aliphatic rings. The Labute approximate surface area is 171 Å². The van der Waals surface area contributed by atoms with Crippen LogP contribution in [-0.4, -0.2) is 20.4 Å². The van der Waals surface area contributed by atoms with Gasteiger partial charge in [-0.3, -0.25) is 9.78 Å². The Morgan fingerprint density at radius 1 is 1.04 bits per heavy atom. The molecule has 28 heavy (non-hydrogen) atoms. The van der Waals surface area contributed by atoms with Crippen molar-refractivity contribution in [3.63, 3.8) is 0 Å². The van der Waals surface area contributed by atoms with Crippen LogP contribution in [0.15, 0.2) is 77.5 Å². The number of fused-ring (bicyclic) bond motifs is 1. The third-order valence-corrected chi connectivity index (χ3v) is 5.01. The Hall–Kier alpha value is -2.99. The van der Waals surface area contributed by atoms with Crippen molar-refractivity contribution >= 4 is 32.9 Å². The molecule has 2 aromatic carbocycles. The zero-order valence-electron chi connectivity index (χ0n) is 15.2. The van der Waals surface area contributed by atoms with Gasteiger partial charge in [0.05, 0.1) is 23.1 Å². The van der Waals surface area contributed by atoms with E-state index in [9.17, 15) is 4.79 Å². The van der Waals surface area contributed by atoms with Crippen LogP contribution in [0, 0.1) is 0 Å². The highest BCUT2D eigenvalue weighted by atomic mass is 79.9. The molecule has 5 nitrogen and oxygen atoms in total. The number of hydrogen-bond donors (Lipinski definition) is 1.